The van der Waals surface area contributed by atoms with Gasteiger partial charge in [-0.2, -0.15) is 0 Å². The predicted octanol–water partition coefficient (Wildman–Crippen LogP) is 1.74. The molecule has 1 aromatic heterocycles. The molecular weight excluding hydrogens is 216 g/mol. The number of carbonyl (C=O) groups excluding carboxylic acids is 1. The Hall–Kier alpha value is -1.29. The zero-order chi connectivity index (χ0) is 12.1. The minimum Gasteiger partial charge on any atom is -0.465 e. The Kier molecular flexibility index (Phi) is 4.20. The molecule has 1 fully saturated rings. The number of hydrogen-bond donors (Lipinski definition) is 2. The Bertz CT molecular complexity index is 367. The van der Waals surface area contributed by atoms with Crippen LogP contribution in [-0.2, 0) is 11.3 Å². The van der Waals surface area contributed by atoms with Gasteiger partial charge in [0.1, 0.15) is 11.5 Å². The minimum atomic E-state index is 0.0958. The molecule has 1 atom stereocenters. The smallest absolute Gasteiger partial charge is 0.221 e. The first-order valence-corrected chi connectivity index (χ1v) is 6.29. The van der Waals surface area contributed by atoms with E-state index in [1.807, 2.05) is 19.1 Å². The van der Waals surface area contributed by atoms with Gasteiger partial charge in [0.15, 0.2) is 0 Å². The molecule has 17 heavy (non-hydrogen) atoms. The third kappa shape index (κ3) is 3.89. The van der Waals surface area contributed by atoms with Gasteiger partial charge < -0.3 is 15.1 Å². The highest BCUT2D eigenvalue weighted by Gasteiger charge is 2.16. The topological polar surface area (TPSA) is 54.3 Å². The molecule has 1 aliphatic heterocycles. The molecule has 0 saturated carbocycles. The normalized spacial score (nSPS) is 20.2. The number of piperidine rings is 1. The molecule has 4 nitrogen and oxygen atoms in total. The minimum absolute atomic E-state index is 0.0958. The molecule has 0 aromatic carbocycles. The summed E-state index contributed by atoms with van der Waals surface area (Å²) < 4.78 is 5.39. The van der Waals surface area contributed by atoms with Crippen molar-refractivity contribution in [2.24, 2.45) is 0 Å². The SMILES string of the molecule is Cc1ccc(CNC(=O)CC2CCCCN2)o1. The molecule has 94 valence electrons. The van der Waals surface area contributed by atoms with Crippen LogP contribution in [0.3, 0.4) is 0 Å². The first-order chi connectivity index (χ1) is 8.24. The Morgan fingerprint density at radius 1 is 1.53 bits per heavy atom. The van der Waals surface area contributed by atoms with Crippen LogP contribution in [0.2, 0.25) is 0 Å². The number of aryl methyl sites for hydroxylation is 1. The predicted molar refractivity (Wildman–Crippen MR) is 65.6 cm³/mol. The van der Waals surface area contributed by atoms with Crippen LogP contribution in [0.25, 0.3) is 0 Å². The molecular formula is C13H20N2O2. The van der Waals surface area contributed by atoms with Gasteiger partial charge in [0.05, 0.1) is 6.54 Å². The summed E-state index contributed by atoms with van der Waals surface area (Å²) in [5, 5.41) is 6.25. The fourth-order valence-electron chi connectivity index (χ4n) is 2.16. The summed E-state index contributed by atoms with van der Waals surface area (Å²) in [6.45, 7) is 3.42. The molecule has 2 N–H and O–H groups in total. The van der Waals surface area contributed by atoms with Crippen LogP contribution in [0.15, 0.2) is 16.5 Å². The zero-order valence-electron chi connectivity index (χ0n) is 10.3. The molecule has 1 aliphatic rings. The van der Waals surface area contributed by atoms with E-state index in [1.54, 1.807) is 0 Å². The van der Waals surface area contributed by atoms with Gasteiger partial charge in [0.25, 0.3) is 0 Å². The Labute approximate surface area is 102 Å². The Morgan fingerprint density at radius 3 is 3.06 bits per heavy atom. The lowest BCUT2D eigenvalue weighted by Gasteiger charge is -2.22. The first-order valence-electron chi connectivity index (χ1n) is 6.29. The lowest BCUT2D eigenvalue weighted by Crippen LogP contribution is -2.38. The molecule has 2 rings (SSSR count). The average Bonchev–Trinajstić information content (AvgIpc) is 2.74. The van der Waals surface area contributed by atoms with Gasteiger partial charge in [-0.3, -0.25) is 4.79 Å². The van der Waals surface area contributed by atoms with E-state index in [4.69, 9.17) is 4.42 Å². The highest BCUT2D eigenvalue weighted by molar-refractivity contribution is 5.76. The number of hydrogen-bond acceptors (Lipinski definition) is 3. The van der Waals surface area contributed by atoms with E-state index in [0.29, 0.717) is 19.0 Å². The first kappa shape index (κ1) is 12.2. The molecule has 1 aromatic rings. The second-order valence-electron chi connectivity index (χ2n) is 4.64. The number of amides is 1. The van der Waals surface area contributed by atoms with Gasteiger partial charge in [-0.05, 0) is 38.4 Å². The van der Waals surface area contributed by atoms with E-state index in [0.717, 1.165) is 24.5 Å². The van der Waals surface area contributed by atoms with Crippen LogP contribution in [0, 0.1) is 6.92 Å². The highest BCUT2D eigenvalue weighted by Crippen LogP contribution is 2.10. The lowest BCUT2D eigenvalue weighted by molar-refractivity contribution is -0.121. The number of rotatable bonds is 4. The summed E-state index contributed by atoms with van der Waals surface area (Å²) in [7, 11) is 0. The van der Waals surface area contributed by atoms with Crippen molar-refractivity contribution in [1.82, 2.24) is 10.6 Å². The van der Waals surface area contributed by atoms with Crippen molar-refractivity contribution in [3.8, 4) is 0 Å². The summed E-state index contributed by atoms with van der Waals surface area (Å²) in [5.74, 6) is 1.79. The van der Waals surface area contributed by atoms with Crippen LogP contribution in [0.1, 0.15) is 37.2 Å². The molecule has 0 bridgehead atoms. The van der Waals surface area contributed by atoms with Gasteiger partial charge in [-0.15, -0.1) is 0 Å². The van der Waals surface area contributed by atoms with Gasteiger partial charge in [0, 0.05) is 12.5 Å². The van der Waals surface area contributed by atoms with E-state index in [9.17, 15) is 4.79 Å². The van der Waals surface area contributed by atoms with Gasteiger partial charge in [0.2, 0.25) is 5.91 Å². The molecule has 0 spiro atoms. The van der Waals surface area contributed by atoms with Crippen molar-refractivity contribution in [1.29, 1.82) is 0 Å². The maximum atomic E-state index is 11.7. The van der Waals surface area contributed by atoms with E-state index in [1.165, 1.54) is 12.8 Å². The second-order valence-corrected chi connectivity index (χ2v) is 4.64. The van der Waals surface area contributed by atoms with Crippen molar-refractivity contribution in [2.45, 2.75) is 45.2 Å². The largest absolute Gasteiger partial charge is 0.465 e. The highest BCUT2D eigenvalue weighted by atomic mass is 16.3. The Morgan fingerprint density at radius 2 is 2.41 bits per heavy atom. The van der Waals surface area contributed by atoms with Crippen molar-refractivity contribution < 1.29 is 9.21 Å². The van der Waals surface area contributed by atoms with Crippen molar-refractivity contribution >= 4 is 5.91 Å². The van der Waals surface area contributed by atoms with Crippen molar-refractivity contribution in [3.63, 3.8) is 0 Å². The second kappa shape index (κ2) is 5.87. The van der Waals surface area contributed by atoms with E-state index in [-0.39, 0.29) is 5.91 Å². The molecule has 2 heterocycles. The monoisotopic (exact) mass is 236 g/mol. The quantitative estimate of drug-likeness (QED) is 0.837. The molecule has 1 unspecified atom stereocenters. The van der Waals surface area contributed by atoms with E-state index in [2.05, 4.69) is 10.6 Å². The molecule has 0 radical (unpaired) electrons. The van der Waals surface area contributed by atoms with Gasteiger partial charge in [-0.1, -0.05) is 6.42 Å². The van der Waals surface area contributed by atoms with Crippen molar-refractivity contribution in [2.75, 3.05) is 6.54 Å². The summed E-state index contributed by atoms with van der Waals surface area (Å²) in [5.41, 5.74) is 0. The lowest BCUT2D eigenvalue weighted by atomic mass is 10.0. The summed E-state index contributed by atoms with van der Waals surface area (Å²) >= 11 is 0. The fourth-order valence-corrected chi connectivity index (χ4v) is 2.16. The maximum Gasteiger partial charge on any atom is 0.221 e. The summed E-state index contributed by atoms with van der Waals surface area (Å²) in [6, 6.07) is 4.15. The third-order valence-electron chi connectivity index (χ3n) is 3.10. The Balaban J connectivity index is 1.70. The summed E-state index contributed by atoms with van der Waals surface area (Å²) in [4.78, 5) is 11.7. The zero-order valence-corrected chi connectivity index (χ0v) is 10.3. The standard InChI is InChI=1S/C13H20N2O2/c1-10-5-6-12(17-10)9-15-13(16)8-11-4-2-3-7-14-11/h5-6,11,14H,2-4,7-9H2,1H3,(H,15,16). The van der Waals surface area contributed by atoms with Crippen LogP contribution >= 0.6 is 0 Å². The molecule has 4 heteroatoms. The van der Waals surface area contributed by atoms with Crippen LogP contribution in [0.4, 0.5) is 0 Å². The molecule has 0 aliphatic carbocycles. The van der Waals surface area contributed by atoms with Crippen LogP contribution in [-0.4, -0.2) is 18.5 Å². The van der Waals surface area contributed by atoms with E-state index >= 15 is 0 Å². The fraction of sp³-hybridized carbons (Fsp3) is 0.615. The third-order valence-corrected chi connectivity index (χ3v) is 3.10. The van der Waals surface area contributed by atoms with Crippen LogP contribution in [0.5, 0.6) is 0 Å². The van der Waals surface area contributed by atoms with Crippen LogP contribution < -0.4 is 10.6 Å². The van der Waals surface area contributed by atoms with E-state index < -0.39 is 0 Å². The summed E-state index contributed by atoms with van der Waals surface area (Å²) in [6.07, 6.45) is 4.12. The number of furan rings is 1. The number of nitrogens with one attached hydrogen (secondary N) is 2. The molecule has 1 saturated heterocycles. The number of carbonyl (C=O) groups is 1. The average molecular weight is 236 g/mol. The van der Waals surface area contributed by atoms with Gasteiger partial charge >= 0.3 is 0 Å². The maximum absolute atomic E-state index is 11.7. The molecule has 1 amide bonds. The van der Waals surface area contributed by atoms with Gasteiger partial charge in [-0.25, -0.2) is 0 Å². The van der Waals surface area contributed by atoms with Crippen molar-refractivity contribution in [3.05, 3.63) is 23.7 Å².